The lowest BCUT2D eigenvalue weighted by Gasteiger charge is -1.93. The van der Waals surface area contributed by atoms with Crippen LogP contribution in [0, 0.1) is 0 Å². The van der Waals surface area contributed by atoms with Crippen molar-refractivity contribution in [2.75, 3.05) is 0 Å². The predicted octanol–water partition coefficient (Wildman–Crippen LogP) is 2.67. The standard InChI is InChI=1S/C10H9BrN2OS/c1-13-5-7(4-12-13)10(14)3-9-2-8(11)6-15-9/h2,4-6H,3H2,1H3. The van der Waals surface area contributed by atoms with Crippen LogP contribution in [0.4, 0.5) is 0 Å². The summed E-state index contributed by atoms with van der Waals surface area (Å²) in [4.78, 5) is 12.8. The fraction of sp³-hybridized carbons (Fsp3) is 0.200. The predicted molar refractivity (Wildman–Crippen MR) is 63.3 cm³/mol. The molecule has 0 aliphatic carbocycles. The number of hydrogen-bond acceptors (Lipinski definition) is 3. The van der Waals surface area contributed by atoms with E-state index in [1.807, 2.05) is 11.4 Å². The Morgan fingerprint density at radius 2 is 2.47 bits per heavy atom. The maximum atomic E-state index is 11.8. The molecular weight excluding hydrogens is 276 g/mol. The van der Waals surface area contributed by atoms with E-state index in [0.717, 1.165) is 9.35 Å². The molecule has 0 aromatic carbocycles. The monoisotopic (exact) mass is 284 g/mol. The van der Waals surface area contributed by atoms with Gasteiger partial charge in [0.05, 0.1) is 11.8 Å². The molecule has 0 atom stereocenters. The number of nitrogens with zero attached hydrogens (tertiary/aromatic N) is 2. The van der Waals surface area contributed by atoms with Crippen molar-refractivity contribution < 1.29 is 4.79 Å². The zero-order chi connectivity index (χ0) is 10.8. The Hall–Kier alpha value is -0.940. The van der Waals surface area contributed by atoms with Crippen LogP contribution in [-0.2, 0) is 13.5 Å². The van der Waals surface area contributed by atoms with Crippen LogP contribution in [0.15, 0.2) is 28.3 Å². The van der Waals surface area contributed by atoms with E-state index in [-0.39, 0.29) is 5.78 Å². The van der Waals surface area contributed by atoms with Crippen LogP contribution in [0.1, 0.15) is 15.2 Å². The minimum Gasteiger partial charge on any atom is -0.294 e. The number of carbonyl (C=O) groups is 1. The van der Waals surface area contributed by atoms with Crippen molar-refractivity contribution in [1.82, 2.24) is 9.78 Å². The van der Waals surface area contributed by atoms with Gasteiger partial charge in [-0.05, 0) is 22.0 Å². The SMILES string of the molecule is Cn1cc(C(=O)Cc2cc(Br)cs2)cn1. The molecule has 0 aliphatic rings. The molecule has 3 nitrogen and oxygen atoms in total. The second-order valence-corrected chi connectivity index (χ2v) is 5.15. The van der Waals surface area contributed by atoms with Gasteiger partial charge in [0.25, 0.3) is 0 Å². The van der Waals surface area contributed by atoms with Crippen molar-refractivity contribution >= 4 is 33.0 Å². The number of thiophene rings is 1. The summed E-state index contributed by atoms with van der Waals surface area (Å²) < 4.78 is 2.67. The zero-order valence-electron chi connectivity index (χ0n) is 8.11. The van der Waals surface area contributed by atoms with Crippen LogP contribution in [0.25, 0.3) is 0 Å². The Balaban J connectivity index is 2.10. The van der Waals surface area contributed by atoms with Gasteiger partial charge in [0, 0.05) is 34.4 Å². The Labute approximate surface area is 99.9 Å². The summed E-state index contributed by atoms with van der Waals surface area (Å²) in [5, 5.41) is 5.95. The third-order valence-corrected chi connectivity index (χ3v) is 3.68. The van der Waals surface area contributed by atoms with Gasteiger partial charge in [-0.15, -0.1) is 11.3 Å². The van der Waals surface area contributed by atoms with Crippen molar-refractivity contribution in [3.8, 4) is 0 Å². The summed E-state index contributed by atoms with van der Waals surface area (Å²) in [6, 6.07) is 1.97. The van der Waals surface area contributed by atoms with Crippen molar-refractivity contribution in [3.05, 3.63) is 38.8 Å². The molecule has 0 spiro atoms. The van der Waals surface area contributed by atoms with Crippen LogP contribution in [0.3, 0.4) is 0 Å². The molecule has 0 saturated carbocycles. The van der Waals surface area contributed by atoms with Crippen molar-refractivity contribution in [2.45, 2.75) is 6.42 Å². The van der Waals surface area contributed by atoms with E-state index in [1.54, 1.807) is 35.5 Å². The zero-order valence-corrected chi connectivity index (χ0v) is 10.5. The van der Waals surface area contributed by atoms with Crippen LogP contribution in [0.5, 0.6) is 0 Å². The minimum absolute atomic E-state index is 0.109. The van der Waals surface area contributed by atoms with E-state index < -0.39 is 0 Å². The number of hydrogen-bond donors (Lipinski definition) is 0. The topological polar surface area (TPSA) is 34.9 Å². The van der Waals surface area contributed by atoms with Gasteiger partial charge < -0.3 is 0 Å². The highest BCUT2D eigenvalue weighted by molar-refractivity contribution is 9.10. The maximum Gasteiger partial charge on any atom is 0.171 e. The molecular formula is C10H9BrN2OS. The van der Waals surface area contributed by atoms with Crippen LogP contribution < -0.4 is 0 Å². The number of carbonyl (C=O) groups excluding carboxylic acids is 1. The summed E-state index contributed by atoms with van der Waals surface area (Å²) in [6.45, 7) is 0. The van der Waals surface area contributed by atoms with Gasteiger partial charge >= 0.3 is 0 Å². The highest BCUT2D eigenvalue weighted by Gasteiger charge is 2.10. The van der Waals surface area contributed by atoms with E-state index in [9.17, 15) is 4.79 Å². The summed E-state index contributed by atoms with van der Waals surface area (Å²) in [6.07, 6.45) is 3.79. The van der Waals surface area contributed by atoms with Gasteiger partial charge in [-0.25, -0.2) is 0 Å². The first-order valence-corrected chi connectivity index (χ1v) is 6.07. The Morgan fingerprint density at radius 1 is 1.67 bits per heavy atom. The molecule has 0 fully saturated rings. The molecule has 5 heteroatoms. The number of halogens is 1. The molecule has 78 valence electrons. The van der Waals surface area contributed by atoms with E-state index in [4.69, 9.17) is 0 Å². The molecule has 0 radical (unpaired) electrons. The molecule has 0 unspecified atom stereocenters. The van der Waals surface area contributed by atoms with E-state index in [0.29, 0.717) is 12.0 Å². The Morgan fingerprint density at radius 3 is 3.00 bits per heavy atom. The fourth-order valence-corrected chi connectivity index (χ4v) is 2.72. The van der Waals surface area contributed by atoms with Crippen molar-refractivity contribution in [1.29, 1.82) is 0 Å². The fourth-order valence-electron chi connectivity index (χ4n) is 1.27. The average Bonchev–Trinajstić information content (AvgIpc) is 2.75. The molecule has 2 heterocycles. The normalized spacial score (nSPS) is 10.5. The first-order valence-electron chi connectivity index (χ1n) is 4.40. The van der Waals surface area contributed by atoms with Gasteiger partial charge in [-0.3, -0.25) is 9.48 Å². The molecule has 2 rings (SSSR count). The summed E-state index contributed by atoms with van der Waals surface area (Å²) >= 11 is 4.95. The van der Waals surface area contributed by atoms with Gasteiger partial charge in [-0.1, -0.05) is 0 Å². The summed E-state index contributed by atoms with van der Waals surface area (Å²) in [7, 11) is 1.80. The Kier molecular flexibility index (Phi) is 3.02. The van der Waals surface area contributed by atoms with Crippen LogP contribution in [0.2, 0.25) is 0 Å². The van der Waals surface area contributed by atoms with Crippen LogP contribution >= 0.6 is 27.3 Å². The largest absolute Gasteiger partial charge is 0.294 e. The minimum atomic E-state index is 0.109. The average molecular weight is 285 g/mol. The lowest BCUT2D eigenvalue weighted by Crippen LogP contribution is -2.00. The first kappa shape index (κ1) is 10.6. The molecule has 0 saturated heterocycles. The lowest BCUT2D eigenvalue weighted by atomic mass is 10.1. The highest BCUT2D eigenvalue weighted by atomic mass is 79.9. The summed E-state index contributed by atoms with van der Waals surface area (Å²) in [5.74, 6) is 0.109. The highest BCUT2D eigenvalue weighted by Crippen LogP contribution is 2.21. The lowest BCUT2D eigenvalue weighted by molar-refractivity contribution is 0.0994. The van der Waals surface area contributed by atoms with Gasteiger partial charge in [0.1, 0.15) is 0 Å². The van der Waals surface area contributed by atoms with Gasteiger partial charge in [0.2, 0.25) is 0 Å². The smallest absolute Gasteiger partial charge is 0.171 e. The number of Topliss-reactive ketones (excluding diaryl/α,β-unsaturated/α-hetero) is 1. The molecule has 2 aromatic heterocycles. The van der Waals surface area contributed by atoms with Crippen LogP contribution in [-0.4, -0.2) is 15.6 Å². The molecule has 0 N–H and O–H groups in total. The third kappa shape index (κ3) is 2.54. The Bertz CT molecular complexity index is 489. The van der Waals surface area contributed by atoms with Gasteiger partial charge in [0.15, 0.2) is 5.78 Å². The second kappa shape index (κ2) is 4.28. The summed E-state index contributed by atoms with van der Waals surface area (Å²) in [5.41, 5.74) is 0.669. The molecule has 0 amide bonds. The maximum absolute atomic E-state index is 11.8. The number of ketones is 1. The first-order chi connectivity index (χ1) is 7.15. The van der Waals surface area contributed by atoms with E-state index in [2.05, 4.69) is 21.0 Å². The van der Waals surface area contributed by atoms with E-state index >= 15 is 0 Å². The molecule has 0 bridgehead atoms. The third-order valence-electron chi connectivity index (χ3n) is 1.98. The number of rotatable bonds is 3. The second-order valence-electron chi connectivity index (χ2n) is 3.23. The van der Waals surface area contributed by atoms with E-state index in [1.165, 1.54) is 0 Å². The van der Waals surface area contributed by atoms with Crippen molar-refractivity contribution in [2.24, 2.45) is 7.05 Å². The molecule has 0 aliphatic heterocycles. The van der Waals surface area contributed by atoms with Crippen molar-refractivity contribution in [3.63, 3.8) is 0 Å². The van der Waals surface area contributed by atoms with Gasteiger partial charge in [-0.2, -0.15) is 5.10 Å². The number of aryl methyl sites for hydroxylation is 1. The molecule has 2 aromatic rings. The quantitative estimate of drug-likeness (QED) is 0.813. The number of aromatic nitrogens is 2. The molecule has 15 heavy (non-hydrogen) atoms.